The second kappa shape index (κ2) is 8.65. The Hall–Kier alpha value is -2.16. The first-order valence-corrected chi connectivity index (χ1v) is 13.6. The van der Waals surface area contributed by atoms with Gasteiger partial charge in [0.2, 0.25) is 0 Å². The minimum absolute atomic E-state index is 0.0527. The van der Waals surface area contributed by atoms with Crippen molar-refractivity contribution in [3.05, 3.63) is 31.9 Å². The molecule has 0 aliphatic carbocycles. The third kappa shape index (κ3) is 4.00. The van der Waals surface area contributed by atoms with Gasteiger partial charge >= 0.3 is 0 Å². The molecule has 4 rings (SSSR count). The molecule has 0 bridgehead atoms. The Kier molecular flexibility index (Phi) is 6.22. The topological polar surface area (TPSA) is 103 Å². The van der Waals surface area contributed by atoms with Crippen molar-refractivity contribution >= 4 is 55.9 Å². The smallest absolute Gasteiger partial charge is 0.270 e. The number of rotatable bonds is 3. The Morgan fingerprint density at radius 1 is 1.22 bits per heavy atom. The van der Waals surface area contributed by atoms with Crippen molar-refractivity contribution in [1.82, 2.24) is 9.47 Å². The first-order chi connectivity index (χ1) is 15.1. The van der Waals surface area contributed by atoms with Crippen LogP contribution in [0.15, 0.2) is 9.70 Å². The van der Waals surface area contributed by atoms with E-state index >= 15 is 0 Å². The summed E-state index contributed by atoms with van der Waals surface area (Å²) in [6, 6.07) is 1.56. The number of nitriles is 1. The van der Waals surface area contributed by atoms with Crippen molar-refractivity contribution in [1.29, 1.82) is 5.26 Å². The number of pyridine rings is 1. The van der Waals surface area contributed by atoms with Gasteiger partial charge in [-0.1, -0.05) is 24.0 Å². The molecule has 0 saturated carbocycles. The predicted octanol–water partition coefficient (Wildman–Crippen LogP) is 1.94. The van der Waals surface area contributed by atoms with Gasteiger partial charge in [0.05, 0.1) is 22.5 Å². The highest BCUT2D eigenvalue weighted by molar-refractivity contribution is 8.26. The molecule has 1 aromatic heterocycles. The molecule has 0 spiro atoms. The van der Waals surface area contributed by atoms with Crippen LogP contribution in [0.4, 0.5) is 5.82 Å². The van der Waals surface area contributed by atoms with E-state index in [9.17, 15) is 23.3 Å². The number of anilines is 1. The molecule has 3 aliphatic heterocycles. The summed E-state index contributed by atoms with van der Waals surface area (Å²) in [5.41, 5.74) is 0.887. The fourth-order valence-electron chi connectivity index (χ4n) is 4.60. The van der Waals surface area contributed by atoms with Crippen LogP contribution in [0.1, 0.15) is 42.4 Å². The second-order valence-electron chi connectivity index (χ2n) is 8.37. The zero-order chi connectivity index (χ0) is 23.2. The number of aromatic nitrogens is 1. The first kappa shape index (κ1) is 23.0. The molecule has 32 heavy (non-hydrogen) atoms. The van der Waals surface area contributed by atoms with E-state index in [-0.39, 0.29) is 28.5 Å². The van der Waals surface area contributed by atoms with Crippen molar-refractivity contribution < 1.29 is 13.2 Å². The van der Waals surface area contributed by atoms with Gasteiger partial charge in [0.15, 0.2) is 9.84 Å². The van der Waals surface area contributed by atoms with E-state index in [1.165, 1.54) is 9.47 Å². The van der Waals surface area contributed by atoms with Crippen LogP contribution in [0.2, 0.25) is 0 Å². The van der Waals surface area contributed by atoms with Crippen LogP contribution in [0.5, 0.6) is 0 Å². The zero-order valence-corrected chi connectivity index (χ0v) is 20.4. The van der Waals surface area contributed by atoms with Gasteiger partial charge < -0.3 is 4.90 Å². The Bertz CT molecular complexity index is 1240. The lowest BCUT2D eigenvalue weighted by Crippen LogP contribution is -2.39. The third-order valence-corrected chi connectivity index (χ3v) is 9.38. The van der Waals surface area contributed by atoms with Gasteiger partial charge in [-0.25, -0.2) is 8.42 Å². The molecule has 3 saturated heterocycles. The van der Waals surface area contributed by atoms with Gasteiger partial charge in [-0.05, 0) is 44.2 Å². The van der Waals surface area contributed by atoms with Crippen LogP contribution in [0, 0.1) is 18.3 Å². The highest BCUT2D eigenvalue weighted by Crippen LogP contribution is 2.38. The number of thiocarbonyl (C=S) groups is 1. The Morgan fingerprint density at radius 3 is 2.50 bits per heavy atom. The van der Waals surface area contributed by atoms with Crippen LogP contribution in [-0.2, 0) is 21.7 Å². The molecule has 1 amide bonds. The molecule has 3 fully saturated rings. The zero-order valence-electron chi connectivity index (χ0n) is 18.0. The minimum atomic E-state index is -3.17. The van der Waals surface area contributed by atoms with Crippen molar-refractivity contribution in [2.45, 2.75) is 38.6 Å². The molecule has 1 unspecified atom stereocenters. The quantitative estimate of drug-likeness (QED) is 0.466. The van der Waals surface area contributed by atoms with Crippen LogP contribution < -0.4 is 10.5 Å². The van der Waals surface area contributed by atoms with Gasteiger partial charge in [-0.2, -0.15) is 5.26 Å². The maximum Gasteiger partial charge on any atom is 0.270 e. The number of hydrogen-bond donors (Lipinski definition) is 0. The number of hydrogen-bond acceptors (Lipinski definition) is 8. The highest BCUT2D eigenvalue weighted by Gasteiger charge is 2.42. The number of sulfone groups is 1. The number of amides is 1. The fourth-order valence-corrected chi connectivity index (χ4v) is 7.69. The van der Waals surface area contributed by atoms with Gasteiger partial charge in [0.1, 0.15) is 21.8 Å². The summed E-state index contributed by atoms with van der Waals surface area (Å²) in [4.78, 5) is 30.0. The summed E-state index contributed by atoms with van der Waals surface area (Å²) in [7, 11) is -1.52. The van der Waals surface area contributed by atoms with E-state index in [1.807, 2.05) is 6.07 Å². The molecule has 11 heteroatoms. The lowest BCUT2D eigenvalue weighted by Gasteiger charge is -2.32. The van der Waals surface area contributed by atoms with Gasteiger partial charge in [-0.3, -0.25) is 19.1 Å². The molecule has 1 atom stereocenters. The van der Waals surface area contributed by atoms with Crippen LogP contribution in [-0.4, -0.2) is 58.7 Å². The molecule has 4 heterocycles. The maximum absolute atomic E-state index is 13.2. The summed E-state index contributed by atoms with van der Waals surface area (Å²) >= 11 is 6.56. The number of thioether (sulfide) groups is 1. The monoisotopic (exact) mass is 492 g/mol. The van der Waals surface area contributed by atoms with Crippen molar-refractivity contribution in [2.24, 2.45) is 7.05 Å². The molecule has 8 nitrogen and oxygen atoms in total. The van der Waals surface area contributed by atoms with E-state index in [0.717, 1.165) is 44.1 Å². The summed E-state index contributed by atoms with van der Waals surface area (Å²) in [6.07, 6.45) is 5.22. The lowest BCUT2D eigenvalue weighted by atomic mass is 10.0. The Morgan fingerprint density at radius 2 is 1.91 bits per heavy atom. The predicted molar refractivity (Wildman–Crippen MR) is 129 cm³/mol. The maximum atomic E-state index is 13.2. The summed E-state index contributed by atoms with van der Waals surface area (Å²) in [6.45, 7) is 3.31. The molecule has 0 N–H and O–H groups in total. The number of piperidine rings is 1. The van der Waals surface area contributed by atoms with Crippen LogP contribution in [0.25, 0.3) is 6.08 Å². The molecular formula is C21H24N4O4S3. The molecular weight excluding hydrogens is 468 g/mol. The summed E-state index contributed by atoms with van der Waals surface area (Å²) < 4.78 is 25.7. The summed E-state index contributed by atoms with van der Waals surface area (Å²) in [5.74, 6) is 0.347. The molecule has 0 aromatic carbocycles. The second-order valence-corrected chi connectivity index (χ2v) is 12.3. The van der Waals surface area contributed by atoms with Gasteiger partial charge in [0.25, 0.3) is 11.5 Å². The first-order valence-electron chi connectivity index (χ1n) is 10.5. The van der Waals surface area contributed by atoms with Gasteiger partial charge in [-0.15, -0.1) is 0 Å². The van der Waals surface area contributed by atoms with E-state index in [4.69, 9.17) is 12.2 Å². The standard InChI is InChI=1S/C21H24N4O4S3/c1-13-15(18(24-7-4-3-5-8-24)23(2)19(26)16(13)11-22)10-17-20(27)25(21(30)31-17)14-6-9-32(28,29)12-14/h10,14H,3-9,12H2,1-2H3/b17-10+. The molecule has 1 aromatic rings. The highest BCUT2D eigenvalue weighted by atomic mass is 32.2. The average molecular weight is 493 g/mol. The normalized spacial score (nSPS) is 24.4. The largest absolute Gasteiger partial charge is 0.357 e. The van der Waals surface area contributed by atoms with E-state index in [1.54, 1.807) is 20.0 Å². The van der Waals surface area contributed by atoms with Crippen molar-refractivity contribution in [3.8, 4) is 6.07 Å². The third-order valence-electron chi connectivity index (χ3n) is 6.30. The Labute approximate surface area is 196 Å². The average Bonchev–Trinajstić information content (AvgIpc) is 3.24. The van der Waals surface area contributed by atoms with E-state index in [2.05, 4.69) is 4.90 Å². The minimum Gasteiger partial charge on any atom is -0.357 e. The van der Waals surface area contributed by atoms with E-state index in [0.29, 0.717) is 32.6 Å². The van der Waals surface area contributed by atoms with Gasteiger partial charge in [0, 0.05) is 25.7 Å². The van der Waals surface area contributed by atoms with Crippen LogP contribution in [0.3, 0.4) is 0 Å². The molecule has 0 radical (unpaired) electrons. The van der Waals surface area contributed by atoms with Crippen LogP contribution >= 0.6 is 24.0 Å². The molecule has 3 aliphatic rings. The summed E-state index contributed by atoms with van der Waals surface area (Å²) in [5, 5.41) is 9.58. The van der Waals surface area contributed by atoms with E-state index < -0.39 is 15.9 Å². The number of carbonyl (C=O) groups excluding carboxylic acids is 1. The lowest BCUT2D eigenvalue weighted by molar-refractivity contribution is -0.123. The SMILES string of the molecule is Cc1c(/C=C2/SC(=S)N(C3CCS(=O)(=O)C3)C2=O)c(N2CCCCC2)n(C)c(=O)c1C#N. The number of carbonyl (C=O) groups is 1. The fraction of sp³-hybridized carbons (Fsp3) is 0.524. The Balaban J connectivity index is 1.80. The van der Waals surface area contributed by atoms with Crippen molar-refractivity contribution in [3.63, 3.8) is 0 Å². The number of nitrogens with zero attached hydrogens (tertiary/aromatic N) is 4. The van der Waals surface area contributed by atoms with Crippen molar-refractivity contribution in [2.75, 3.05) is 29.5 Å². The molecule has 170 valence electrons.